The fraction of sp³-hybridized carbons (Fsp3) is 0.893. The molecule has 2 saturated heterocycles. The number of amides is 4. The average molecular weight is 557 g/mol. The fourth-order valence-electron chi connectivity index (χ4n) is 4.90. The second kappa shape index (κ2) is 21.3. The zero-order valence-corrected chi connectivity index (χ0v) is 24.3. The maximum absolute atomic E-state index is 12.0. The lowest BCUT2D eigenvalue weighted by molar-refractivity contribution is -0.126. The van der Waals surface area contributed by atoms with Crippen molar-refractivity contribution in [3.05, 3.63) is 0 Å². The summed E-state index contributed by atoms with van der Waals surface area (Å²) in [5.41, 5.74) is 0. The third-order valence-electron chi connectivity index (χ3n) is 7.11. The van der Waals surface area contributed by atoms with Crippen LogP contribution in [0.2, 0.25) is 0 Å². The third-order valence-corrected chi connectivity index (χ3v) is 8.62. The summed E-state index contributed by atoms with van der Waals surface area (Å²) in [4.78, 5) is 35.2. The maximum atomic E-state index is 12.0. The van der Waals surface area contributed by atoms with Crippen molar-refractivity contribution in [1.82, 2.24) is 21.3 Å². The fourth-order valence-corrected chi connectivity index (χ4v) is 6.44. The van der Waals surface area contributed by atoms with Crippen LogP contribution in [-0.2, 0) is 19.1 Å². The van der Waals surface area contributed by atoms with Crippen molar-refractivity contribution >= 4 is 29.6 Å². The van der Waals surface area contributed by atoms with Gasteiger partial charge >= 0.3 is 6.03 Å². The first kappa shape index (κ1) is 32.7. The van der Waals surface area contributed by atoms with Crippen molar-refractivity contribution in [2.45, 2.75) is 114 Å². The van der Waals surface area contributed by atoms with Gasteiger partial charge in [-0.3, -0.25) is 9.59 Å². The number of unbranched alkanes of at least 4 members (excludes halogenated alkanes) is 10. The summed E-state index contributed by atoms with van der Waals surface area (Å²) in [5, 5.41) is 12.2. The molecule has 0 saturated carbocycles. The van der Waals surface area contributed by atoms with Crippen LogP contribution in [0.5, 0.6) is 0 Å². The Morgan fingerprint density at radius 2 is 1.50 bits per heavy atom. The minimum Gasteiger partial charge on any atom is -0.377 e. The Hall–Kier alpha value is -1.52. The molecule has 0 radical (unpaired) electrons. The summed E-state index contributed by atoms with van der Waals surface area (Å²) < 4.78 is 10.8. The lowest BCUT2D eigenvalue weighted by Gasteiger charge is -2.16. The van der Waals surface area contributed by atoms with Crippen molar-refractivity contribution in [3.8, 4) is 0 Å². The van der Waals surface area contributed by atoms with Gasteiger partial charge < -0.3 is 30.7 Å². The Labute approximate surface area is 234 Å². The van der Waals surface area contributed by atoms with E-state index in [0.717, 1.165) is 31.4 Å². The average Bonchev–Trinajstić information content (AvgIpc) is 3.45. The van der Waals surface area contributed by atoms with Gasteiger partial charge in [-0.05, 0) is 19.3 Å². The van der Waals surface area contributed by atoms with E-state index in [2.05, 4.69) is 28.2 Å². The van der Waals surface area contributed by atoms with Gasteiger partial charge in [-0.25, -0.2) is 4.79 Å². The molecule has 10 heteroatoms. The first-order valence-electron chi connectivity index (χ1n) is 15.0. The molecule has 2 fully saturated rings. The Balaban J connectivity index is 1.27. The molecule has 2 aliphatic rings. The number of urea groups is 1. The number of thioether (sulfide) groups is 1. The van der Waals surface area contributed by atoms with Gasteiger partial charge in [0.15, 0.2) is 0 Å². The van der Waals surface area contributed by atoms with Gasteiger partial charge in [-0.2, -0.15) is 11.8 Å². The summed E-state index contributed by atoms with van der Waals surface area (Å²) in [6.45, 7) is 4.67. The Bertz CT molecular complexity index is 669. The van der Waals surface area contributed by atoms with E-state index in [1.807, 2.05) is 11.8 Å². The first-order valence-corrected chi connectivity index (χ1v) is 16.0. The van der Waals surface area contributed by atoms with E-state index in [9.17, 15) is 14.4 Å². The molecule has 3 atom stereocenters. The monoisotopic (exact) mass is 556 g/mol. The molecule has 0 aromatic rings. The number of carbonyl (C=O) groups is 3. The summed E-state index contributed by atoms with van der Waals surface area (Å²) >= 11 is 1.90. The molecule has 0 aromatic heterocycles. The van der Waals surface area contributed by atoms with Crippen LogP contribution in [0.3, 0.4) is 0 Å². The van der Waals surface area contributed by atoms with E-state index < -0.39 is 0 Å². The summed E-state index contributed by atoms with van der Waals surface area (Å²) in [6.07, 6.45) is 16.2. The highest BCUT2D eigenvalue weighted by Crippen LogP contribution is 2.33. The van der Waals surface area contributed by atoms with Gasteiger partial charge in [0.1, 0.15) is 6.61 Å². The Morgan fingerprint density at radius 1 is 0.816 bits per heavy atom. The molecule has 0 aromatic carbocycles. The van der Waals surface area contributed by atoms with E-state index in [4.69, 9.17) is 9.47 Å². The number of carbonyl (C=O) groups excluding carboxylic acids is 3. The topological polar surface area (TPSA) is 118 Å². The lowest BCUT2D eigenvalue weighted by atomic mass is 10.0. The Morgan fingerprint density at radius 3 is 2.26 bits per heavy atom. The molecule has 4 N–H and O–H groups in total. The lowest BCUT2D eigenvalue weighted by Crippen LogP contribution is -2.36. The van der Waals surface area contributed by atoms with Crippen LogP contribution in [0.4, 0.5) is 4.79 Å². The Kier molecular flexibility index (Phi) is 18.3. The van der Waals surface area contributed by atoms with Gasteiger partial charge in [0, 0.05) is 30.5 Å². The number of rotatable bonds is 24. The van der Waals surface area contributed by atoms with Crippen LogP contribution < -0.4 is 21.3 Å². The highest BCUT2D eigenvalue weighted by atomic mass is 32.2. The number of hydrogen-bond acceptors (Lipinski definition) is 6. The molecule has 2 aliphatic heterocycles. The molecule has 220 valence electrons. The van der Waals surface area contributed by atoms with Gasteiger partial charge in [-0.1, -0.05) is 71.1 Å². The summed E-state index contributed by atoms with van der Waals surface area (Å²) in [6, 6.07) is 0.424. The normalized spacial score (nSPS) is 20.1. The predicted molar refractivity (Wildman–Crippen MR) is 153 cm³/mol. The number of hydrogen-bond donors (Lipinski definition) is 4. The molecule has 0 spiro atoms. The van der Waals surface area contributed by atoms with Crippen LogP contribution in [0.25, 0.3) is 0 Å². The molecule has 9 nitrogen and oxygen atoms in total. The first-order chi connectivity index (χ1) is 18.6. The standard InChI is InChI=1S/C28H52N4O5S/c1-2-3-4-5-6-7-8-9-10-13-16-29-26(34)21-37-20-19-36-18-17-30-25(33)15-12-11-14-24-27-23(22-38-24)31-28(35)32-27/h23-24,27H,2-22H2,1H3,(H,29,34)(H,30,33)(H2,31,32,35). The highest BCUT2D eigenvalue weighted by Gasteiger charge is 2.42. The van der Waals surface area contributed by atoms with Crippen molar-refractivity contribution in [2.24, 2.45) is 0 Å². The maximum Gasteiger partial charge on any atom is 0.315 e. The van der Waals surface area contributed by atoms with Crippen molar-refractivity contribution in [3.63, 3.8) is 0 Å². The zero-order chi connectivity index (χ0) is 27.3. The molecular formula is C28H52N4O5S. The predicted octanol–water partition coefficient (Wildman–Crippen LogP) is 3.90. The van der Waals surface area contributed by atoms with Crippen LogP contribution >= 0.6 is 11.8 Å². The van der Waals surface area contributed by atoms with Crippen LogP contribution in [0.15, 0.2) is 0 Å². The molecule has 2 rings (SSSR count). The zero-order valence-electron chi connectivity index (χ0n) is 23.5. The van der Waals surface area contributed by atoms with Crippen molar-refractivity contribution in [1.29, 1.82) is 0 Å². The van der Waals surface area contributed by atoms with Gasteiger partial charge in [0.2, 0.25) is 11.8 Å². The summed E-state index contributed by atoms with van der Waals surface area (Å²) in [7, 11) is 0. The van der Waals surface area contributed by atoms with Crippen molar-refractivity contribution in [2.75, 3.05) is 45.3 Å². The molecule has 38 heavy (non-hydrogen) atoms. The van der Waals surface area contributed by atoms with Gasteiger partial charge in [0.25, 0.3) is 0 Å². The van der Waals surface area contributed by atoms with E-state index >= 15 is 0 Å². The van der Waals surface area contributed by atoms with Crippen LogP contribution in [-0.4, -0.2) is 80.4 Å². The van der Waals surface area contributed by atoms with E-state index in [1.165, 1.54) is 57.8 Å². The molecule has 0 bridgehead atoms. The smallest absolute Gasteiger partial charge is 0.315 e. The highest BCUT2D eigenvalue weighted by molar-refractivity contribution is 8.00. The largest absolute Gasteiger partial charge is 0.377 e. The second-order valence-corrected chi connectivity index (χ2v) is 11.7. The van der Waals surface area contributed by atoms with Crippen LogP contribution in [0.1, 0.15) is 96.8 Å². The number of fused-ring (bicyclic) bond motifs is 1. The van der Waals surface area contributed by atoms with E-state index in [0.29, 0.717) is 44.6 Å². The van der Waals surface area contributed by atoms with Gasteiger partial charge in [0.05, 0.1) is 31.9 Å². The SMILES string of the molecule is CCCCCCCCCCCCNC(=O)COCCOCCNC(=O)CCCCC1SCC2NC(=O)NC21. The number of nitrogens with one attached hydrogen (secondary N) is 4. The van der Waals surface area contributed by atoms with Gasteiger partial charge in [-0.15, -0.1) is 0 Å². The molecule has 3 unspecified atom stereocenters. The molecule has 0 aliphatic carbocycles. The minimum absolute atomic E-state index is 0.0386. The second-order valence-electron chi connectivity index (χ2n) is 10.4. The molecule has 4 amide bonds. The summed E-state index contributed by atoms with van der Waals surface area (Å²) in [5.74, 6) is 0.924. The van der Waals surface area contributed by atoms with Crippen molar-refractivity contribution < 1.29 is 23.9 Å². The molecular weight excluding hydrogens is 504 g/mol. The third kappa shape index (κ3) is 15.2. The quantitative estimate of drug-likeness (QED) is 0.106. The van der Waals surface area contributed by atoms with E-state index in [1.54, 1.807) is 0 Å². The minimum atomic E-state index is -0.0795. The van der Waals surface area contributed by atoms with Crippen LogP contribution in [0, 0.1) is 0 Å². The van der Waals surface area contributed by atoms with E-state index in [-0.39, 0.29) is 36.5 Å². The number of ether oxygens (including phenoxy) is 2. The molecule has 2 heterocycles.